The molecule has 0 aromatic carbocycles. The number of carbonyl (C=O) groups is 2. The number of hydrogen-bond acceptors (Lipinski definition) is 4. The molecule has 0 aliphatic carbocycles. The average Bonchev–Trinajstić information content (AvgIpc) is 3.09. The lowest BCUT2D eigenvalue weighted by Crippen LogP contribution is -2.42. The summed E-state index contributed by atoms with van der Waals surface area (Å²) in [7, 11) is 0. The highest BCUT2D eigenvalue weighted by Gasteiger charge is 2.45. The summed E-state index contributed by atoms with van der Waals surface area (Å²) in [6, 6.07) is -0.175. The Morgan fingerprint density at radius 3 is 3.00 bits per heavy atom. The highest BCUT2D eigenvalue weighted by molar-refractivity contribution is 7.09. The van der Waals surface area contributed by atoms with Crippen LogP contribution < -0.4 is 5.32 Å². The first-order valence-electron chi connectivity index (χ1n) is 7.22. The molecule has 2 N–H and O–H groups in total. The largest absolute Gasteiger partial charge is 0.481 e. The van der Waals surface area contributed by atoms with Crippen LogP contribution in [0.4, 0.5) is 4.79 Å². The number of hydrogen-bond donors (Lipinski definition) is 2. The fourth-order valence-corrected chi connectivity index (χ4v) is 3.39. The molecule has 0 spiro atoms. The Balaban J connectivity index is 1.82. The number of nitrogens with zero attached hydrogens (tertiary/aromatic N) is 2. The van der Waals surface area contributed by atoms with Crippen LogP contribution in [0.15, 0.2) is 11.6 Å². The molecular formula is C14H21N3O3S. The van der Waals surface area contributed by atoms with Gasteiger partial charge in [-0.05, 0) is 12.8 Å². The molecule has 1 saturated heterocycles. The van der Waals surface area contributed by atoms with E-state index >= 15 is 0 Å². The second-order valence-corrected chi connectivity index (χ2v) is 6.39. The van der Waals surface area contributed by atoms with E-state index in [-0.39, 0.29) is 6.03 Å². The van der Waals surface area contributed by atoms with E-state index in [0.717, 1.165) is 11.4 Å². The number of aliphatic carboxylic acids is 1. The highest BCUT2D eigenvalue weighted by atomic mass is 32.1. The molecule has 2 amide bonds. The molecule has 21 heavy (non-hydrogen) atoms. The Kier molecular flexibility index (Phi) is 5.17. The monoisotopic (exact) mass is 311 g/mol. The Morgan fingerprint density at radius 1 is 1.57 bits per heavy atom. The molecule has 116 valence electrons. The van der Waals surface area contributed by atoms with E-state index in [0.29, 0.717) is 38.9 Å². The van der Waals surface area contributed by atoms with Crippen LogP contribution in [-0.2, 0) is 11.2 Å². The van der Waals surface area contributed by atoms with Crippen molar-refractivity contribution in [2.45, 2.75) is 32.6 Å². The van der Waals surface area contributed by atoms with Crippen molar-refractivity contribution in [3.63, 3.8) is 0 Å². The molecule has 1 aliphatic heterocycles. The Hall–Kier alpha value is -1.63. The van der Waals surface area contributed by atoms with Gasteiger partial charge in [0.15, 0.2) is 0 Å². The molecule has 0 saturated carbocycles. The van der Waals surface area contributed by atoms with E-state index < -0.39 is 11.4 Å². The van der Waals surface area contributed by atoms with Crippen molar-refractivity contribution in [2.24, 2.45) is 5.41 Å². The molecule has 1 fully saturated rings. The summed E-state index contributed by atoms with van der Waals surface area (Å²) in [5.41, 5.74) is -0.763. The smallest absolute Gasteiger partial charge is 0.317 e. The SMILES string of the molecule is CCCC1(C(=O)O)CCN(C(=O)NCCc2nccs2)C1. The molecule has 2 rings (SSSR count). The number of carbonyl (C=O) groups excluding carboxylic acids is 1. The van der Waals surface area contributed by atoms with E-state index in [4.69, 9.17) is 0 Å². The molecule has 6 nitrogen and oxygen atoms in total. The third-order valence-electron chi connectivity index (χ3n) is 3.92. The van der Waals surface area contributed by atoms with Gasteiger partial charge >= 0.3 is 12.0 Å². The van der Waals surface area contributed by atoms with Gasteiger partial charge in [-0.25, -0.2) is 9.78 Å². The minimum Gasteiger partial charge on any atom is -0.481 e. The lowest BCUT2D eigenvalue weighted by atomic mass is 9.83. The number of likely N-dealkylation sites (tertiary alicyclic amines) is 1. The molecular weight excluding hydrogens is 290 g/mol. The van der Waals surface area contributed by atoms with Crippen LogP contribution in [-0.4, -0.2) is 46.6 Å². The minimum atomic E-state index is -0.789. The molecule has 1 aromatic rings. The summed E-state index contributed by atoms with van der Waals surface area (Å²) in [5.74, 6) is -0.789. The van der Waals surface area contributed by atoms with Crippen LogP contribution in [0.2, 0.25) is 0 Å². The molecule has 1 unspecified atom stereocenters. The first kappa shape index (κ1) is 15.8. The van der Waals surface area contributed by atoms with Crippen molar-refractivity contribution in [3.8, 4) is 0 Å². The fraction of sp³-hybridized carbons (Fsp3) is 0.643. The van der Waals surface area contributed by atoms with Gasteiger partial charge in [0.05, 0.1) is 10.4 Å². The second kappa shape index (κ2) is 6.89. The number of rotatable bonds is 6. The van der Waals surface area contributed by atoms with Gasteiger partial charge in [0.25, 0.3) is 0 Å². The number of thiazole rings is 1. The summed E-state index contributed by atoms with van der Waals surface area (Å²) in [4.78, 5) is 29.4. The van der Waals surface area contributed by atoms with E-state index in [2.05, 4.69) is 10.3 Å². The van der Waals surface area contributed by atoms with Crippen LogP contribution in [0, 0.1) is 5.41 Å². The minimum absolute atomic E-state index is 0.175. The third kappa shape index (κ3) is 3.72. The van der Waals surface area contributed by atoms with Gasteiger partial charge < -0.3 is 15.3 Å². The number of aromatic nitrogens is 1. The lowest BCUT2D eigenvalue weighted by molar-refractivity contribution is -0.148. The van der Waals surface area contributed by atoms with Gasteiger partial charge in [0, 0.05) is 37.6 Å². The second-order valence-electron chi connectivity index (χ2n) is 5.41. The topological polar surface area (TPSA) is 82.5 Å². The van der Waals surface area contributed by atoms with E-state index in [9.17, 15) is 14.7 Å². The molecule has 0 radical (unpaired) electrons. The maximum absolute atomic E-state index is 12.1. The fourth-order valence-electron chi connectivity index (χ4n) is 2.77. The van der Waals surface area contributed by atoms with Crippen molar-refractivity contribution in [3.05, 3.63) is 16.6 Å². The van der Waals surface area contributed by atoms with Crippen LogP contribution >= 0.6 is 11.3 Å². The molecule has 2 heterocycles. The summed E-state index contributed by atoms with van der Waals surface area (Å²) in [6.45, 7) is 3.31. The first-order valence-corrected chi connectivity index (χ1v) is 8.10. The van der Waals surface area contributed by atoms with Gasteiger partial charge in [-0.15, -0.1) is 11.3 Å². The average molecular weight is 311 g/mol. The van der Waals surface area contributed by atoms with Crippen molar-refractivity contribution >= 4 is 23.3 Å². The van der Waals surface area contributed by atoms with Crippen LogP contribution in [0.3, 0.4) is 0 Å². The summed E-state index contributed by atoms with van der Waals surface area (Å²) >= 11 is 1.56. The summed E-state index contributed by atoms with van der Waals surface area (Å²) < 4.78 is 0. The predicted octanol–water partition coefficient (Wildman–Crippen LogP) is 1.97. The van der Waals surface area contributed by atoms with Gasteiger partial charge in [-0.1, -0.05) is 13.3 Å². The first-order chi connectivity index (χ1) is 10.1. The number of nitrogens with one attached hydrogen (secondary N) is 1. The van der Waals surface area contributed by atoms with Crippen molar-refractivity contribution < 1.29 is 14.7 Å². The zero-order valence-corrected chi connectivity index (χ0v) is 13.0. The third-order valence-corrected chi connectivity index (χ3v) is 4.76. The number of urea groups is 1. The zero-order chi connectivity index (χ0) is 15.3. The van der Waals surface area contributed by atoms with Crippen LogP contribution in [0.1, 0.15) is 31.2 Å². The molecule has 1 aromatic heterocycles. The standard InChI is InChI=1S/C14H21N3O3S/c1-2-4-14(12(18)19)5-8-17(10-14)13(20)16-6-3-11-15-7-9-21-11/h7,9H,2-6,8,10H2,1H3,(H,16,20)(H,18,19). The van der Waals surface area contributed by atoms with Crippen LogP contribution in [0.25, 0.3) is 0 Å². The molecule has 7 heteroatoms. The zero-order valence-electron chi connectivity index (χ0n) is 12.2. The molecule has 1 aliphatic rings. The highest BCUT2D eigenvalue weighted by Crippen LogP contribution is 2.35. The normalized spacial score (nSPS) is 21.5. The van der Waals surface area contributed by atoms with Crippen LogP contribution in [0.5, 0.6) is 0 Å². The maximum atomic E-state index is 12.1. The predicted molar refractivity (Wildman–Crippen MR) is 80.4 cm³/mol. The number of carboxylic acids is 1. The van der Waals surface area contributed by atoms with Crippen molar-refractivity contribution in [1.82, 2.24) is 15.2 Å². The number of carboxylic acid groups (broad SMARTS) is 1. The van der Waals surface area contributed by atoms with E-state index in [1.807, 2.05) is 12.3 Å². The quantitative estimate of drug-likeness (QED) is 0.841. The van der Waals surface area contributed by atoms with Crippen molar-refractivity contribution in [2.75, 3.05) is 19.6 Å². The maximum Gasteiger partial charge on any atom is 0.317 e. The summed E-state index contributed by atoms with van der Waals surface area (Å²) in [6.07, 6.45) is 4.41. The van der Waals surface area contributed by atoms with E-state index in [1.54, 1.807) is 22.4 Å². The molecule has 1 atom stereocenters. The van der Waals surface area contributed by atoms with Gasteiger partial charge in [-0.3, -0.25) is 4.79 Å². The van der Waals surface area contributed by atoms with Gasteiger partial charge in [0.2, 0.25) is 0 Å². The van der Waals surface area contributed by atoms with Gasteiger partial charge in [-0.2, -0.15) is 0 Å². The summed E-state index contributed by atoms with van der Waals surface area (Å²) in [5, 5.41) is 15.2. The number of amides is 2. The van der Waals surface area contributed by atoms with Crippen molar-refractivity contribution in [1.29, 1.82) is 0 Å². The van der Waals surface area contributed by atoms with E-state index in [1.165, 1.54) is 0 Å². The Labute approximate surface area is 128 Å². The Bertz CT molecular complexity index is 492. The molecule has 0 bridgehead atoms. The lowest BCUT2D eigenvalue weighted by Gasteiger charge is -2.24. The Morgan fingerprint density at radius 2 is 2.38 bits per heavy atom. The van der Waals surface area contributed by atoms with Gasteiger partial charge in [0.1, 0.15) is 0 Å².